The van der Waals surface area contributed by atoms with Crippen molar-refractivity contribution in [2.24, 2.45) is 0 Å². The van der Waals surface area contributed by atoms with Crippen LogP contribution >= 0.6 is 11.8 Å². The molecule has 0 amide bonds. The second-order valence-corrected chi connectivity index (χ2v) is 2.84. The zero-order valence-corrected chi connectivity index (χ0v) is 6.15. The summed E-state index contributed by atoms with van der Waals surface area (Å²) >= 11 is 0.934. The zero-order valence-electron chi connectivity index (χ0n) is 5.33. The third-order valence-electron chi connectivity index (χ3n) is 0.765. The fraction of sp³-hybridized carbons (Fsp3) is 1.00. The van der Waals surface area contributed by atoms with E-state index in [2.05, 4.69) is 0 Å². The number of aliphatic hydroxyl groups is 2. The van der Waals surface area contributed by atoms with Crippen LogP contribution in [0.1, 0.15) is 0 Å². The minimum atomic E-state index is -2.34. The summed E-state index contributed by atoms with van der Waals surface area (Å²) in [7, 11) is 0. The first-order valence-electron chi connectivity index (χ1n) is 2.81. The van der Waals surface area contributed by atoms with Gasteiger partial charge in [0.05, 0.1) is 18.5 Å². The van der Waals surface area contributed by atoms with Gasteiger partial charge in [-0.1, -0.05) is 0 Å². The quantitative estimate of drug-likeness (QED) is 0.628. The van der Waals surface area contributed by atoms with Crippen LogP contribution in [-0.2, 0) is 0 Å². The van der Waals surface area contributed by atoms with Gasteiger partial charge in [0.2, 0.25) is 6.43 Å². The average Bonchev–Trinajstić information content (AvgIpc) is 1.87. The molecule has 0 fully saturated rings. The molecule has 2 nitrogen and oxygen atoms in total. The summed E-state index contributed by atoms with van der Waals surface area (Å²) in [5.74, 6) is -0.113. The Morgan fingerprint density at radius 2 is 1.90 bits per heavy atom. The van der Waals surface area contributed by atoms with Crippen molar-refractivity contribution in [1.29, 1.82) is 0 Å². The molecule has 0 aliphatic carbocycles. The van der Waals surface area contributed by atoms with E-state index in [0.29, 0.717) is 0 Å². The van der Waals surface area contributed by atoms with Gasteiger partial charge >= 0.3 is 0 Å². The van der Waals surface area contributed by atoms with Gasteiger partial charge in [-0.2, -0.15) is 11.8 Å². The first kappa shape index (κ1) is 10.1. The molecule has 10 heavy (non-hydrogen) atoms. The van der Waals surface area contributed by atoms with Crippen molar-refractivity contribution in [1.82, 2.24) is 0 Å². The van der Waals surface area contributed by atoms with E-state index in [1.54, 1.807) is 0 Å². The Balaban J connectivity index is 3.03. The van der Waals surface area contributed by atoms with Gasteiger partial charge in [0, 0.05) is 5.75 Å². The van der Waals surface area contributed by atoms with E-state index in [4.69, 9.17) is 10.2 Å². The molecule has 5 heteroatoms. The van der Waals surface area contributed by atoms with E-state index in [1.165, 1.54) is 0 Å². The molecule has 1 unspecified atom stereocenters. The normalized spacial score (nSPS) is 14.1. The summed E-state index contributed by atoms with van der Waals surface area (Å²) < 4.78 is 22.8. The Morgan fingerprint density at radius 3 is 2.30 bits per heavy atom. The van der Waals surface area contributed by atoms with Crippen molar-refractivity contribution in [3.8, 4) is 0 Å². The Kier molecular flexibility index (Phi) is 5.96. The third-order valence-corrected chi connectivity index (χ3v) is 1.87. The number of thioether (sulfide) groups is 1. The largest absolute Gasteiger partial charge is 0.394 e. The molecule has 0 spiro atoms. The van der Waals surface area contributed by atoms with Crippen molar-refractivity contribution < 1.29 is 19.0 Å². The van der Waals surface area contributed by atoms with Crippen LogP contribution in [0.4, 0.5) is 8.78 Å². The molecule has 0 saturated carbocycles. The van der Waals surface area contributed by atoms with Gasteiger partial charge in [-0.3, -0.25) is 0 Å². The van der Waals surface area contributed by atoms with Gasteiger partial charge in [-0.25, -0.2) is 8.78 Å². The van der Waals surface area contributed by atoms with Gasteiger partial charge in [-0.05, 0) is 0 Å². The molecular formula is C5H10F2O2S. The van der Waals surface area contributed by atoms with Crippen molar-refractivity contribution in [3.63, 3.8) is 0 Å². The number of hydrogen-bond donors (Lipinski definition) is 2. The van der Waals surface area contributed by atoms with Crippen molar-refractivity contribution in [3.05, 3.63) is 0 Å². The highest BCUT2D eigenvalue weighted by atomic mass is 32.2. The van der Waals surface area contributed by atoms with Gasteiger partial charge in [0.25, 0.3) is 0 Å². The fourth-order valence-corrected chi connectivity index (χ4v) is 1.04. The van der Waals surface area contributed by atoms with E-state index >= 15 is 0 Å². The average molecular weight is 172 g/mol. The minimum Gasteiger partial charge on any atom is -0.394 e. The highest BCUT2D eigenvalue weighted by Gasteiger charge is 2.05. The molecular weight excluding hydrogens is 162 g/mol. The summed E-state index contributed by atoms with van der Waals surface area (Å²) in [6, 6.07) is 0. The molecule has 0 rings (SSSR count). The van der Waals surface area contributed by atoms with Crippen LogP contribution in [0.15, 0.2) is 0 Å². The first-order valence-corrected chi connectivity index (χ1v) is 3.97. The molecule has 0 aliphatic heterocycles. The minimum absolute atomic E-state index is 0.168. The van der Waals surface area contributed by atoms with Crippen LogP contribution < -0.4 is 0 Å². The van der Waals surface area contributed by atoms with Gasteiger partial charge < -0.3 is 10.2 Å². The second kappa shape index (κ2) is 5.88. The van der Waals surface area contributed by atoms with E-state index in [1.807, 2.05) is 0 Å². The van der Waals surface area contributed by atoms with Crippen LogP contribution in [0.2, 0.25) is 0 Å². The lowest BCUT2D eigenvalue weighted by molar-refractivity contribution is 0.113. The van der Waals surface area contributed by atoms with Crippen LogP contribution in [0, 0.1) is 0 Å². The second-order valence-electron chi connectivity index (χ2n) is 1.76. The van der Waals surface area contributed by atoms with Crippen LogP contribution in [0.5, 0.6) is 0 Å². The zero-order chi connectivity index (χ0) is 7.98. The molecule has 0 aromatic carbocycles. The molecule has 0 aromatic heterocycles. The standard InChI is InChI=1S/C5H10F2O2S/c6-5(7)3-10-2-4(9)1-8/h4-5,8-9H,1-3H2. The molecule has 2 N–H and O–H groups in total. The number of hydrogen-bond acceptors (Lipinski definition) is 3. The van der Waals surface area contributed by atoms with Gasteiger partial charge in [0.1, 0.15) is 0 Å². The molecule has 0 saturated heterocycles. The van der Waals surface area contributed by atoms with E-state index < -0.39 is 12.5 Å². The van der Waals surface area contributed by atoms with Crippen LogP contribution in [0.25, 0.3) is 0 Å². The van der Waals surface area contributed by atoms with E-state index in [-0.39, 0.29) is 18.1 Å². The molecule has 0 heterocycles. The van der Waals surface area contributed by atoms with E-state index in [0.717, 1.165) is 11.8 Å². The van der Waals surface area contributed by atoms with Crippen molar-refractivity contribution in [2.45, 2.75) is 12.5 Å². The fourth-order valence-electron chi connectivity index (χ4n) is 0.346. The lowest BCUT2D eigenvalue weighted by atomic mass is 10.4. The molecule has 0 aliphatic rings. The molecule has 0 bridgehead atoms. The number of halogens is 2. The number of rotatable bonds is 5. The highest BCUT2D eigenvalue weighted by molar-refractivity contribution is 7.99. The van der Waals surface area contributed by atoms with Crippen LogP contribution in [-0.4, -0.2) is 40.9 Å². The maximum atomic E-state index is 11.4. The Hall–Kier alpha value is 0.130. The summed E-state index contributed by atoms with van der Waals surface area (Å²) in [4.78, 5) is 0. The summed E-state index contributed by atoms with van der Waals surface area (Å²) in [6.45, 7) is -0.365. The molecule has 1 atom stereocenters. The summed E-state index contributed by atoms with van der Waals surface area (Å²) in [5, 5.41) is 16.9. The number of alkyl halides is 2. The summed E-state index contributed by atoms with van der Waals surface area (Å²) in [6.07, 6.45) is -3.21. The summed E-state index contributed by atoms with van der Waals surface area (Å²) in [5.41, 5.74) is 0. The maximum Gasteiger partial charge on any atom is 0.247 e. The van der Waals surface area contributed by atoms with Crippen molar-refractivity contribution in [2.75, 3.05) is 18.1 Å². The lowest BCUT2D eigenvalue weighted by Crippen LogP contribution is -2.15. The van der Waals surface area contributed by atoms with E-state index in [9.17, 15) is 8.78 Å². The molecule has 0 radical (unpaired) electrons. The van der Waals surface area contributed by atoms with Crippen molar-refractivity contribution >= 4 is 11.8 Å². The SMILES string of the molecule is OCC(O)CSCC(F)F. The first-order chi connectivity index (χ1) is 4.66. The monoisotopic (exact) mass is 172 g/mol. The highest BCUT2D eigenvalue weighted by Crippen LogP contribution is 2.07. The Bertz CT molecular complexity index is 82.0. The number of aliphatic hydroxyl groups excluding tert-OH is 2. The van der Waals surface area contributed by atoms with Gasteiger partial charge in [-0.15, -0.1) is 0 Å². The Labute approximate surface area is 62.2 Å². The Morgan fingerprint density at radius 1 is 1.30 bits per heavy atom. The smallest absolute Gasteiger partial charge is 0.247 e. The third kappa shape index (κ3) is 6.25. The topological polar surface area (TPSA) is 40.5 Å². The predicted molar refractivity (Wildman–Crippen MR) is 36.4 cm³/mol. The lowest BCUT2D eigenvalue weighted by Gasteiger charge is -2.04. The predicted octanol–water partition coefficient (Wildman–Crippen LogP) is 0.338. The van der Waals surface area contributed by atoms with Crippen LogP contribution in [0.3, 0.4) is 0 Å². The molecule has 0 aromatic rings. The van der Waals surface area contributed by atoms with Gasteiger partial charge in [0.15, 0.2) is 0 Å². The maximum absolute atomic E-state index is 11.4. The molecule has 62 valence electrons.